The van der Waals surface area contributed by atoms with Crippen LogP contribution in [0.25, 0.3) is 0 Å². The number of nitrogens with one attached hydrogen (secondary N) is 1. The minimum atomic E-state index is -0.227. The summed E-state index contributed by atoms with van der Waals surface area (Å²) in [6, 6.07) is 7.08. The Hall–Kier alpha value is -1.76. The molecule has 0 aliphatic carbocycles. The van der Waals surface area contributed by atoms with Gasteiger partial charge in [-0.05, 0) is 41.1 Å². The monoisotopic (exact) mass is 309 g/mol. The van der Waals surface area contributed by atoms with E-state index in [1.54, 1.807) is 16.8 Å². The Bertz CT molecular complexity index is 537. The summed E-state index contributed by atoms with van der Waals surface area (Å²) < 4.78 is 2.49. The highest BCUT2D eigenvalue weighted by atomic mass is 79.9. The van der Waals surface area contributed by atoms with Crippen molar-refractivity contribution in [2.45, 2.75) is 19.9 Å². The molecule has 0 saturated carbocycles. The normalized spacial score (nSPS) is 10.3. The molecule has 1 amide bonds. The van der Waals surface area contributed by atoms with E-state index < -0.39 is 0 Å². The lowest BCUT2D eigenvalue weighted by Crippen LogP contribution is -2.16. The average Bonchev–Trinajstić information content (AvgIpc) is 2.78. The number of nitrogens with zero attached hydrogens (tertiary/aromatic N) is 4. The lowest BCUT2D eigenvalue weighted by molar-refractivity contribution is 0.102. The third kappa shape index (κ3) is 2.92. The summed E-state index contributed by atoms with van der Waals surface area (Å²) in [5.41, 5.74) is 0.559. The van der Waals surface area contributed by atoms with Crippen LogP contribution in [-0.2, 0) is 6.54 Å². The molecule has 0 aliphatic rings. The van der Waals surface area contributed by atoms with Crippen LogP contribution >= 0.6 is 15.9 Å². The highest BCUT2D eigenvalue weighted by molar-refractivity contribution is 9.10. The molecule has 6 nitrogen and oxygen atoms in total. The quantitative estimate of drug-likeness (QED) is 0.938. The van der Waals surface area contributed by atoms with E-state index in [9.17, 15) is 4.79 Å². The number of tetrazole rings is 1. The first-order valence-corrected chi connectivity index (χ1v) is 6.33. The Morgan fingerprint density at radius 2 is 2.11 bits per heavy atom. The van der Waals surface area contributed by atoms with Gasteiger partial charge in [0.25, 0.3) is 5.91 Å². The summed E-state index contributed by atoms with van der Waals surface area (Å²) in [4.78, 5) is 11.9. The fourth-order valence-corrected chi connectivity index (χ4v) is 1.70. The number of hydrogen-bond donors (Lipinski definition) is 1. The number of aromatic nitrogens is 4. The summed E-state index contributed by atoms with van der Waals surface area (Å²) in [6.45, 7) is 2.69. The third-order valence-corrected chi connectivity index (χ3v) is 2.83. The molecule has 94 valence electrons. The molecule has 0 bridgehead atoms. The molecule has 1 N–H and O–H groups in total. The number of carbonyl (C=O) groups excluding carboxylic acids is 1. The van der Waals surface area contributed by atoms with Crippen LogP contribution in [0.4, 0.5) is 5.95 Å². The van der Waals surface area contributed by atoms with Gasteiger partial charge < -0.3 is 0 Å². The van der Waals surface area contributed by atoms with Crippen LogP contribution in [0.2, 0.25) is 0 Å². The van der Waals surface area contributed by atoms with Crippen LogP contribution < -0.4 is 5.32 Å². The topological polar surface area (TPSA) is 72.7 Å². The van der Waals surface area contributed by atoms with E-state index in [0.717, 1.165) is 10.9 Å². The van der Waals surface area contributed by atoms with Gasteiger partial charge >= 0.3 is 0 Å². The van der Waals surface area contributed by atoms with Gasteiger partial charge in [-0.2, -0.15) is 0 Å². The first kappa shape index (κ1) is 12.7. The summed E-state index contributed by atoms with van der Waals surface area (Å²) in [7, 11) is 0. The van der Waals surface area contributed by atoms with Crippen molar-refractivity contribution in [3.63, 3.8) is 0 Å². The molecule has 0 fully saturated rings. The molecule has 1 aromatic carbocycles. The molecule has 18 heavy (non-hydrogen) atoms. The van der Waals surface area contributed by atoms with Crippen LogP contribution in [-0.4, -0.2) is 26.1 Å². The van der Waals surface area contributed by atoms with Crippen LogP contribution in [0.3, 0.4) is 0 Å². The molecule has 0 atom stereocenters. The number of hydrogen-bond acceptors (Lipinski definition) is 4. The van der Waals surface area contributed by atoms with E-state index in [-0.39, 0.29) is 5.91 Å². The van der Waals surface area contributed by atoms with E-state index in [1.807, 2.05) is 19.1 Å². The predicted octanol–water partition coefficient (Wildman–Crippen LogP) is 2.10. The number of amides is 1. The number of anilines is 1. The van der Waals surface area contributed by atoms with Crippen molar-refractivity contribution in [3.8, 4) is 0 Å². The van der Waals surface area contributed by atoms with Crippen molar-refractivity contribution in [2.24, 2.45) is 0 Å². The number of benzene rings is 1. The van der Waals surface area contributed by atoms with Crippen LogP contribution in [0.1, 0.15) is 23.7 Å². The molecule has 0 radical (unpaired) electrons. The van der Waals surface area contributed by atoms with Gasteiger partial charge in [-0.25, -0.2) is 4.68 Å². The smallest absolute Gasteiger partial charge is 0.258 e. The van der Waals surface area contributed by atoms with Gasteiger partial charge in [0.1, 0.15) is 0 Å². The second kappa shape index (κ2) is 5.72. The van der Waals surface area contributed by atoms with Gasteiger partial charge in [-0.15, -0.1) is 0 Å². The molecular formula is C11H12BrN5O. The summed E-state index contributed by atoms with van der Waals surface area (Å²) in [5.74, 6) is 0.138. The number of halogens is 1. The molecule has 0 spiro atoms. The summed E-state index contributed by atoms with van der Waals surface area (Å²) in [5, 5.41) is 13.8. The van der Waals surface area contributed by atoms with Gasteiger partial charge in [-0.1, -0.05) is 28.0 Å². The first-order valence-electron chi connectivity index (χ1n) is 5.54. The van der Waals surface area contributed by atoms with Gasteiger partial charge in [0.2, 0.25) is 5.95 Å². The number of rotatable bonds is 4. The van der Waals surface area contributed by atoms with Gasteiger partial charge in [0.15, 0.2) is 0 Å². The lowest BCUT2D eigenvalue weighted by Gasteiger charge is -2.05. The molecular weight excluding hydrogens is 298 g/mol. The minimum absolute atomic E-state index is 0.227. The van der Waals surface area contributed by atoms with E-state index >= 15 is 0 Å². The number of carbonyl (C=O) groups is 1. The Morgan fingerprint density at radius 1 is 1.39 bits per heavy atom. The Labute approximate surface area is 113 Å². The Morgan fingerprint density at radius 3 is 2.78 bits per heavy atom. The largest absolute Gasteiger partial charge is 0.289 e. The zero-order valence-corrected chi connectivity index (χ0v) is 11.4. The van der Waals surface area contributed by atoms with Gasteiger partial charge in [-0.3, -0.25) is 10.1 Å². The molecule has 7 heteroatoms. The van der Waals surface area contributed by atoms with Crippen molar-refractivity contribution in [3.05, 3.63) is 34.3 Å². The molecule has 0 unspecified atom stereocenters. The maximum absolute atomic E-state index is 11.9. The van der Waals surface area contributed by atoms with Crippen LogP contribution in [0, 0.1) is 0 Å². The number of aryl methyl sites for hydroxylation is 1. The van der Waals surface area contributed by atoms with Gasteiger partial charge in [0.05, 0.1) is 0 Å². The molecule has 0 saturated heterocycles. The highest BCUT2D eigenvalue weighted by Crippen LogP contribution is 2.11. The second-order valence-electron chi connectivity index (χ2n) is 3.69. The van der Waals surface area contributed by atoms with E-state index in [2.05, 4.69) is 36.8 Å². The van der Waals surface area contributed by atoms with Crippen molar-refractivity contribution in [2.75, 3.05) is 5.32 Å². The summed E-state index contributed by atoms with van der Waals surface area (Å²) >= 11 is 3.32. The molecule has 2 rings (SSSR count). The first-order chi connectivity index (χ1) is 8.70. The fourth-order valence-electron chi connectivity index (χ4n) is 1.43. The average molecular weight is 310 g/mol. The molecule has 2 aromatic rings. The van der Waals surface area contributed by atoms with E-state index in [1.165, 1.54) is 0 Å². The van der Waals surface area contributed by atoms with Crippen LogP contribution in [0.5, 0.6) is 0 Å². The lowest BCUT2D eigenvalue weighted by atomic mass is 10.2. The molecule has 1 heterocycles. The second-order valence-corrected chi connectivity index (χ2v) is 4.60. The highest BCUT2D eigenvalue weighted by Gasteiger charge is 2.11. The third-order valence-electron chi connectivity index (χ3n) is 2.30. The molecule has 1 aromatic heterocycles. The summed E-state index contributed by atoms with van der Waals surface area (Å²) in [6.07, 6.45) is 0.895. The van der Waals surface area contributed by atoms with E-state index in [0.29, 0.717) is 18.1 Å². The molecule has 0 aliphatic heterocycles. The Kier molecular flexibility index (Phi) is 4.03. The van der Waals surface area contributed by atoms with Crippen molar-refractivity contribution in [1.29, 1.82) is 0 Å². The van der Waals surface area contributed by atoms with Crippen molar-refractivity contribution < 1.29 is 4.79 Å². The van der Waals surface area contributed by atoms with Crippen molar-refractivity contribution >= 4 is 27.8 Å². The van der Waals surface area contributed by atoms with Crippen LogP contribution in [0.15, 0.2) is 28.7 Å². The zero-order chi connectivity index (χ0) is 13.0. The minimum Gasteiger partial charge on any atom is -0.289 e. The van der Waals surface area contributed by atoms with Gasteiger partial charge in [0, 0.05) is 16.6 Å². The predicted molar refractivity (Wildman–Crippen MR) is 70.2 cm³/mol. The standard InChI is InChI=1S/C11H12BrN5O/c1-2-7-17-11(14-15-16-17)13-10(18)8-3-5-9(12)6-4-8/h3-6H,2,7H2,1H3,(H,13,14,16,18). The van der Waals surface area contributed by atoms with E-state index in [4.69, 9.17) is 0 Å². The SMILES string of the molecule is CCCn1nnnc1NC(=O)c1ccc(Br)cc1. The fraction of sp³-hybridized carbons (Fsp3) is 0.273. The maximum Gasteiger partial charge on any atom is 0.258 e. The maximum atomic E-state index is 11.9. The zero-order valence-electron chi connectivity index (χ0n) is 9.80. The van der Waals surface area contributed by atoms with Crippen molar-refractivity contribution in [1.82, 2.24) is 20.2 Å². The Balaban J connectivity index is 2.11.